The van der Waals surface area contributed by atoms with Crippen molar-refractivity contribution < 1.29 is 14.7 Å². The van der Waals surface area contributed by atoms with E-state index in [9.17, 15) is 9.59 Å². The van der Waals surface area contributed by atoms with Crippen molar-refractivity contribution in [2.24, 2.45) is 11.7 Å². The van der Waals surface area contributed by atoms with Gasteiger partial charge in [0, 0.05) is 18.7 Å². The maximum atomic E-state index is 12.1. The van der Waals surface area contributed by atoms with Crippen LogP contribution in [0.15, 0.2) is 24.3 Å². The first-order chi connectivity index (χ1) is 8.97. The predicted octanol–water partition coefficient (Wildman–Crippen LogP) is 1.72. The molecule has 5 nitrogen and oxygen atoms in total. The average Bonchev–Trinajstić information content (AvgIpc) is 2.43. The molecule has 1 amide bonds. The van der Waals surface area contributed by atoms with Crippen molar-refractivity contribution in [3.05, 3.63) is 29.8 Å². The van der Waals surface area contributed by atoms with E-state index in [4.69, 9.17) is 10.8 Å². The van der Waals surface area contributed by atoms with E-state index in [1.807, 2.05) is 6.92 Å². The first-order valence-corrected chi connectivity index (χ1v) is 6.28. The highest BCUT2D eigenvalue weighted by Gasteiger charge is 2.18. The van der Waals surface area contributed by atoms with Crippen LogP contribution in [0.1, 0.15) is 30.1 Å². The number of carbonyl (C=O) groups is 2. The van der Waals surface area contributed by atoms with E-state index in [0.29, 0.717) is 12.2 Å². The largest absolute Gasteiger partial charge is 0.478 e. The van der Waals surface area contributed by atoms with Gasteiger partial charge in [-0.2, -0.15) is 0 Å². The number of carboxylic acid groups (broad SMARTS) is 1. The van der Waals surface area contributed by atoms with Gasteiger partial charge in [0.15, 0.2) is 0 Å². The second kappa shape index (κ2) is 6.89. The van der Waals surface area contributed by atoms with Crippen molar-refractivity contribution in [1.29, 1.82) is 0 Å². The summed E-state index contributed by atoms with van der Waals surface area (Å²) in [6, 6.07) is 6.26. The number of nitrogens with zero attached hydrogens (tertiary/aromatic N) is 1. The average molecular weight is 264 g/mol. The predicted molar refractivity (Wildman–Crippen MR) is 74.3 cm³/mol. The second-order valence-electron chi connectivity index (χ2n) is 4.58. The van der Waals surface area contributed by atoms with Crippen molar-refractivity contribution in [2.45, 2.75) is 19.8 Å². The molecule has 0 aliphatic carbocycles. The van der Waals surface area contributed by atoms with Gasteiger partial charge < -0.3 is 15.7 Å². The van der Waals surface area contributed by atoms with E-state index < -0.39 is 5.97 Å². The third-order valence-corrected chi connectivity index (χ3v) is 3.09. The van der Waals surface area contributed by atoms with Gasteiger partial charge in [0.25, 0.3) is 0 Å². The normalized spacial score (nSPS) is 11.9. The van der Waals surface area contributed by atoms with E-state index in [0.717, 1.165) is 12.8 Å². The summed E-state index contributed by atoms with van der Waals surface area (Å²) in [5.74, 6) is -1.05. The number of amides is 1. The van der Waals surface area contributed by atoms with E-state index in [-0.39, 0.29) is 17.4 Å². The maximum Gasteiger partial charge on any atom is 0.335 e. The Morgan fingerprint density at radius 3 is 2.37 bits per heavy atom. The van der Waals surface area contributed by atoms with Gasteiger partial charge in [0.2, 0.25) is 5.91 Å². The van der Waals surface area contributed by atoms with E-state index in [2.05, 4.69) is 0 Å². The van der Waals surface area contributed by atoms with Gasteiger partial charge in [0.05, 0.1) is 5.56 Å². The Labute approximate surface area is 113 Å². The van der Waals surface area contributed by atoms with E-state index >= 15 is 0 Å². The Hall–Kier alpha value is -1.88. The molecular weight excluding hydrogens is 244 g/mol. The van der Waals surface area contributed by atoms with Crippen LogP contribution in [-0.4, -0.2) is 30.6 Å². The molecule has 1 aromatic rings. The fourth-order valence-corrected chi connectivity index (χ4v) is 1.83. The molecule has 1 unspecified atom stereocenters. The van der Waals surface area contributed by atoms with E-state index in [1.165, 1.54) is 12.1 Å². The molecule has 0 aliphatic rings. The standard InChI is InChI=1S/C14H20N2O3/c1-10(4-3-9-15)13(17)16(2)12-7-5-11(6-8-12)14(18)19/h5-8,10H,3-4,9,15H2,1-2H3,(H,18,19). The first kappa shape index (κ1) is 15.2. The van der Waals surface area contributed by atoms with Crippen LogP contribution in [0.4, 0.5) is 5.69 Å². The van der Waals surface area contributed by atoms with Crippen LogP contribution in [-0.2, 0) is 4.79 Å². The lowest BCUT2D eigenvalue weighted by Crippen LogP contribution is -2.31. The number of carbonyl (C=O) groups excluding carboxylic acids is 1. The molecule has 1 aromatic carbocycles. The topological polar surface area (TPSA) is 83.6 Å². The number of anilines is 1. The molecule has 104 valence electrons. The third kappa shape index (κ3) is 4.06. The molecule has 1 rings (SSSR count). The molecule has 0 spiro atoms. The molecule has 19 heavy (non-hydrogen) atoms. The number of nitrogens with two attached hydrogens (primary N) is 1. The van der Waals surface area contributed by atoms with Crippen LogP contribution in [0.3, 0.4) is 0 Å². The number of hydrogen-bond donors (Lipinski definition) is 2. The van der Waals surface area contributed by atoms with Crippen LogP contribution in [0, 0.1) is 5.92 Å². The minimum Gasteiger partial charge on any atom is -0.478 e. The van der Waals surface area contributed by atoms with Gasteiger partial charge in [-0.25, -0.2) is 4.79 Å². The lowest BCUT2D eigenvalue weighted by Gasteiger charge is -2.21. The Morgan fingerprint density at radius 2 is 1.89 bits per heavy atom. The van der Waals surface area contributed by atoms with Crippen LogP contribution in [0.5, 0.6) is 0 Å². The summed E-state index contributed by atoms with van der Waals surface area (Å²) in [5, 5.41) is 8.82. The molecule has 0 bridgehead atoms. The number of aromatic carboxylic acids is 1. The lowest BCUT2D eigenvalue weighted by molar-refractivity contribution is -0.121. The molecule has 0 heterocycles. The van der Waals surface area contributed by atoms with Gasteiger partial charge in [0.1, 0.15) is 0 Å². The Balaban J connectivity index is 2.73. The van der Waals surface area contributed by atoms with Crippen LogP contribution in [0.25, 0.3) is 0 Å². The Kier molecular flexibility index (Phi) is 5.51. The van der Waals surface area contributed by atoms with Gasteiger partial charge >= 0.3 is 5.97 Å². The molecule has 0 saturated carbocycles. The summed E-state index contributed by atoms with van der Waals surface area (Å²) in [6.07, 6.45) is 1.57. The van der Waals surface area contributed by atoms with Gasteiger partial charge in [-0.3, -0.25) is 4.79 Å². The Morgan fingerprint density at radius 1 is 1.32 bits per heavy atom. The molecule has 3 N–H and O–H groups in total. The highest BCUT2D eigenvalue weighted by atomic mass is 16.4. The molecule has 1 atom stereocenters. The molecule has 0 radical (unpaired) electrons. The smallest absolute Gasteiger partial charge is 0.335 e. The van der Waals surface area contributed by atoms with Crippen molar-refractivity contribution in [1.82, 2.24) is 0 Å². The molecular formula is C14H20N2O3. The zero-order chi connectivity index (χ0) is 14.4. The molecule has 0 saturated heterocycles. The fraction of sp³-hybridized carbons (Fsp3) is 0.429. The maximum absolute atomic E-state index is 12.1. The minimum absolute atomic E-state index is 0.0107. The second-order valence-corrected chi connectivity index (χ2v) is 4.58. The molecule has 0 aliphatic heterocycles. The van der Waals surface area contributed by atoms with Crippen molar-refractivity contribution in [3.63, 3.8) is 0 Å². The summed E-state index contributed by atoms with van der Waals surface area (Å²) in [5.41, 5.74) is 6.33. The molecule has 0 aromatic heterocycles. The summed E-state index contributed by atoms with van der Waals surface area (Å²) >= 11 is 0. The van der Waals surface area contributed by atoms with Gasteiger partial charge in [-0.1, -0.05) is 6.92 Å². The van der Waals surface area contributed by atoms with Crippen LogP contribution >= 0.6 is 0 Å². The van der Waals surface area contributed by atoms with Crippen molar-refractivity contribution in [2.75, 3.05) is 18.5 Å². The SMILES string of the molecule is CC(CCCN)C(=O)N(C)c1ccc(C(=O)O)cc1. The summed E-state index contributed by atoms with van der Waals surface area (Å²) in [7, 11) is 1.69. The fourth-order valence-electron chi connectivity index (χ4n) is 1.83. The van der Waals surface area contributed by atoms with Crippen LogP contribution < -0.4 is 10.6 Å². The minimum atomic E-state index is -0.975. The highest BCUT2D eigenvalue weighted by molar-refractivity contribution is 5.95. The number of benzene rings is 1. The number of hydrogen-bond acceptors (Lipinski definition) is 3. The first-order valence-electron chi connectivity index (χ1n) is 6.28. The van der Waals surface area contributed by atoms with Crippen LogP contribution in [0.2, 0.25) is 0 Å². The summed E-state index contributed by atoms with van der Waals surface area (Å²) in [6.45, 7) is 2.45. The third-order valence-electron chi connectivity index (χ3n) is 3.09. The monoisotopic (exact) mass is 264 g/mol. The number of carboxylic acids is 1. The lowest BCUT2D eigenvalue weighted by atomic mass is 10.0. The summed E-state index contributed by atoms with van der Waals surface area (Å²) in [4.78, 5) is 24.4. The zero-order valence-corrected chi connectivity index (χ0v) is 11.3. The van der Waals surface area contributed by atoms with Crippen molar-refractivity contribution in [3.8, 4) is 0 Å². The molecule has 0 fully saturated rings. The highest BCUT2D eigenvalue weighted by Crippen LogP contribution is 2.18. The quantitative estimate of drug-likeness (QED) is 0.819. The van der Waals surface area contributed by atoms with Gasteiger partial charge in [-0.05, 0) is 43.7 Å². The number of rotatable bonds is 6. The van der Waals surface area contributed by atoms with E-state index in [1.54, 1.807) is 24.1 Å². The summed E-state index contributed by atoms with van der Waals surface area (Å²) < 4.78 is 0. The van der Waals surface area contributed by atoms with Crippen molar-refractivity contribution >= 4 is 17.6 Å². The zero-order valence-electron chi connectivity index (χ0n) is 11.3. The molecule has 5 heteroatoms. The van der Waals surface area contributed by atoms with Gasteiger partial charge in [-0.15, -0.1) is 0 Å². The Bertz CT molecular complexity index is 443.